The summed E-state index contributed by atoms with van der Waals surface area (Å²) in [6.07, 6.45) is 3.87. The van der Waals surface area contributed by atoms with Gasteiger partial charge in [-0.15, -0.1) is 0 Å². The van der Waals surface area contributed by atoms with Crippen molar-refractivity contribution in [2.75, 3.05) is 12.3 Å². The highest BCUT2D eigenvalue weighted by Gasteiger charge is 2.26. The summed E-state index contributed by atoms with van der Waals surface area (Å²) in [5.74, 6) is 1.31. The van der Waals surface area contributed by atoms with Gasteiger partial charge in [-0.1, -0.05) is 19.1 Å². The molecular weight excluding hydrogens is 276 g/mol. The number of nitrogens with one attached hydrogen (secondary N) is 1. The van der Waals surface area contributed by atoms with Gasteiger partial charge in [0.2, 0.25) is 0 Å². The molecule has 3 rings (SSSR count). The fraction of sp³-hybridized carbons (Fsp3) is 0.500. The van der Waals surface area contributed by atoms with Crippen LogP contribution in [0, 0.1) is 6.92 Å². The second kappa shape index (κ2) is 6.80. The summed E-state index contributed by atoms with van der Waals surface area (Å²) < 4.78 is 0. The van der Waals surface area contributed by atoms with E-state index in [2.05, 4.69) is 59.3 Å². The molecule has 2 unspecified atom stereocenters. The maximum atomic E-state index is 4.61. The van der Waals surface area contributed by atoms with E-state index in [1.165, 1.54) is 36.0 Å². The Hall–Kier alpha value is -1.06. The highest BCUT2D eigenvalue weighted by molar-refractivity contribution is 8.00. The lowest BCUT2D eigenvalue weighted by Crippen LogP contribution is -2.29. The lowest BCUT2D eigenvalue weighted by molar-refractivity contribution is 0.504. The van der Waals surface area contributed by atoms with Crippen LogP contribution < -0.4 is 5.32 Å². The van der Waals surface area contributed by atoms with Gasteiger partial charge in [-0.25, -0.2) is 0 Å². The summed E-state index contributed by atoms with van der Waals surface area (Å²) in [4.78, 5) is 4.61. The van der Waals surface area contributed by atoms with E-state index in [0.717, 1.165) is 17.8 Å². The molecule has 0 bridgehead atoms. The Bertz CT molecular complexity index is 605. The summed E-state index contributed by atoms with van der Waals surface area (Å²) in [6, 6.07) is 11.5. The van der Waals surface area contributed by atoms with Gasteiger partial charge in [0.05, 0.1) is 5.52 Å². The van der Waals surface area contributed by atoms with Crippen molar-refractivity contribution in [3.8, 4) is 0 Å². The van der Waals surface area contributed by atoms with Gasteiger partial charge in [-0.3, -0.25) is 4.98 Å². The number of hydrogen-bond donors (Lipinski definition) is 1. The molecule has 21 heavy (non-hydrogen) atoms. The number of aryl methyl sites for hydroxylation is 1. The Kier molecular flexibility index (Phi) is 4.81. The zero-order valence-electron chi connectivity index (χ0n) is 12.9. The number of nitrogens with zero attached hydrogens (tertiary/aromatic N) is 1. The molecule has 2 nitrogen and oxygen atoms in total. The number of pyridine rings is 1. The maximum Gasteiger partial charge on any atom is 0.0705 e. The van der Waals surface area contributed by atoms with E-state index in [1.807, 2.05) is 6.92 Å². The molecule has 112 valence electrons. The quantitative estimate of drug-likeness (QED) is 0.881. The number of hydrogen-bond acceptors (Lipinski definition) is 3. The van der Waals surface area contributed by atoms with Crippen LogP contribution >= 0.6 is 11.8 Å². The first-order chi connectivity index (χ1) is 10.3. The van der Waals surface area contributed by atoms with Crippen LogP contribution in [0.2, 0.25) is 0 Å². The molecular formula is C18H24N2S. The van der Waals surface area contributed by atoms with Crippen molar-refractivity contribution >= 4 is 22.7 Å². The topological polar surface area (TPSA) is 24.9 Å². The lowest BCUT2D eigenvalue weighted by atomic mass is 9.98. The Morgan fingerprint density at radius 1 is 1.33 bits per heavy atom. The van der Waals surface area contributed by atoms with Gasteiger partial charge < -0.3 is 5.32 Å². The van der Waals surface area contributed by atoms with Crippen LogP contribution in [0.1, 0.15) is 43.5 Å². The van der Waals surface area contributed by atoms with Crippen LogP contribution in [0.3, 0.4) is 0 Å². The minimum absolute atomic E-state index is 0.475. The number of benzene rings is 1. The third-order valence-electron chi connectivity index (χ3n) is 4.16. The molecule has 1 aliphatic heterocycles. The fourth-order valence-corrected chi connectivity index (χ4v) is 4.48. The van der Waals surface area contributed by atoms with Crippen molar-refractivity contribution in [2.45, 2.75) is 44.4 Å². The monoisotopic (exact) mass is 300 g/mol. The fourth-order valence-electron chi connectivity index (χ4n) is 3.07. The van der Waals surface area contributed by atoms with Crippen LogP contribution in [-0.2, 0) is 0 Å². The third-order valence-corrected chi connectivity index (χ3v) is 5.62. The van der Waals surface area contributed by atoms with Crippen molar-refractivity contribution in [3.63, 3.8) is 0 Å². The van der Waals surface area contributed by atoms with E-state index < -0.39 is 0 Å². The molecule has 0 radical (unpaired) electrons. The predicted molar refractivity (Wildman–Crippen MR) is 93.0 cm³/mol. The van der Waals surface area contributed by atoms with E-state index in [1.54, 1.807) is 0 Å². The third kappa shape index (κ3) is 3.41. The molecule has 1 fully saturated rings. The molecule has 0 saturated carbocycles. The summed E-state index contributed by atoms with van der Waals surface area (Å²) >= 11 is 2.13. The first-order valence-corrected chi connectivity index (χ1v) is 9.05. The number of rotatable bonds is 5. The highest BCUT2D eigenvalue weighted by Crippen LogP contribution is 2.36. The van der Waals surface area contributed by atoms with Gasteiger partial charge in [0, 0.05) is 22.4 Å². The first-order valence-electron chi connectivity index (χ1n) is 8.00. The van der Waals surface area contributed by atoms with Gasteiger partial charge in [0.1, 0.15) is 0 Å². The SMILES string of the molecule is CCCNC(c1ccc2nc(C)ccc2c1)C1CCCS1. The van der Waals surface area contributed by atoms with Gasteiger partial charge >= 0.3 is 0 Å². The lowest BCUT2D eigenvalue weighted by Gasteiger charge is -2.25. The van der Waals surface area contributed by atoms with E-state index in [9.17, 15) is 0 Å². The van der Waals surface area contributed by atoms with Crippen molar-refractivity contribution in [2.24, 2.45) is 0 Å². The molecule has 1 aromatic carbocycles. The van der Waals surface area contributed by atoms with Gasteiger partial charge in [0.15, 0.2) is 0 Å². The molecule has 2 aromatic rings. The number of aromatic nitrogens is 1. The number of fused-ring (bicyclic) bond motifs is 1. The van der Waals surface area contributed by atoms with Crippen molar-refractivity contribution in [1.29, 1.82) is 0 Å². The maximum absolute atomic E-state index is 4.61. The second-order valence-corrected chi connectivity index (χ2v) is 7.24. The molecule has 0 aliphatic carbocycles. The van der Waals surface area contributed by atoms with E-state index in [0.29, 0.717) is 11.3 Å². The molecule has 3 heteroatoms. The van der Waals surface area contributed by atoms with E-state index in [-0.39, 0.29) is 0 Å². The molecule has 0 spiro atoms. The van der Waals surface area contributed by atoms with Crippen LogP contribution in [0.4, 0.5) is 0 Å². The summed E-state index contributed by atoms with van der Waals surface area (Å²) in [7, 11) is 0. The Morgan fingerprint density at radius 3 is 3.00 bits per heavy atom. The van der Waals surface area contributed by atoms with Crippen molar-refractivity contribution in [3.05, 3.63) is 41.6 Å². The Labute approximate surface area is 131 Å². The number of thioether (sulfide) groups is 1. The van der Waals surface area contributed by atoms with Crippen LogP contribution in [-0.4, -0.2) is 22.5 Å². The minimum Gasteiger partial charge on any atom is -0.309 e. The zero-order chi connectivity index (χ0) is 14.7. The van der Waals surface area contributed by atoms with E-state index >= 15 is 0 Å². The van der Waals surface area contributed by atoms with Gasteiger partial charge in [0.25, 0.3) is 0 Å². The van der Waals surface area contributed by atoms with Gasteiger partial charge in [-0.2, -0.15) is 11.8 Å². The Balaban J connectivity index is 1.91. The highest BCUT2D eigenvalue weighted by atomic mass is 32.2. The van der Waals surface area contributed by atoms with Gasteiger partial charge in [-0.05, 0) is 62.2 Å². The standard InChI is InChI=1S/C18H24N2S/c1-3-10-19-18(17-5-4-11-21-17)15-8-9-16-14(12-15)7-6-13(2)20-16/h6-9,12,17-19H,3-5,10-11H2,1-2H3. The molecule has 2 atom stereocenters. The molecule has 2 heterocycles. The van der Waals surface area contributed by atoms with Crippen molar-refractivity contribution < 1.29 is 0 Å². The average Bonchev–Trinajstić information content (AvgIpc) is 3.02. The van der Waals surface area contributed by atoms with E-state index in [4.69, 9.17) is 0 Å². The molecule has 1 N–H and O–H groups in total. The normalized spacial score (nSPS) is 20.0. The smallest absolute Gasteiger partial charge is 0.0705 e. The molecule has 0 amide bonds. The summed E-state index contributed by atoms with van der Waals surface area (Å²) in [5.41, 5.74) is 3.61. The summed E-state index contributed by atoms with van der Waals surface area (Å²) in [5, 5.41) is 5.73. The van der Waals surface area contributed by atoms with Crippen LogP contribution in [0.5, 0.6) is 0 Å². The first kappa shape index (κ1) is 14.9. The van der Waals surface area contributed by atoms with Crippen LogP contribution in [0.25, 0.3) is 10.9 Å². The average molecular weight is 300 g/mol. The summed E-state index contributed by atoms with van der Waals surface area (Å²) in [6.45, 7) is 5.37. The Morgan fingerprint density at radius 2 is 2.24 bits per heavy atom. The van der Waals surface area contributed by atoms with Crippen molar-refractivity contribution in [1.82, 2.24) is 10.3 Å². The predicted octanol–water partition coefficient (Wildman–Crippen LogP) is 4.48. The largest absolute Gasteiger partial charge is 0.309 e. The minimum atomic E-state index is 0.475. The zero-order valence-corrected chi connectivity index (χ0v) is 13.7. The second-order valence-electron chi connectivity index (χ2n) is 5.89. The molecule has 1 aliphatic rings. The van der Waals surface area contributed by atoms with Crippen LogP contribution in [0.15, 0.2) is 30.3 Å². The molecule has 1 aromatic heterocycles. The molecule has 1 saturated heterocycles.